The van der Waals surface area contributed by atoms with Gasteiger partial charge in [-0.15, -0.1) is 11.3 Å². The fourth-order valence-electron chi connectivity index (χ4n) is 3.86. The van der Waals surface area contributed by atoms with E-state index in [0.717, 1.165) is 39.0 Å². The van der Waals surface area contributed by atoms with E-state index in [4.69, 9.17) is 5.41 Å². The van der Waals surface area contributed by atoms with E-state index < -0.39 is 5.91 Å². The Morgan fingerprint density at radius 1 is 1.16 bits per heavy atom. The Bertz CT molecular complexity index is 1330. The largest absolute Gasteiger partial charge is 0.318 e. The van der Waals surface area contributed by atoms with Gasteiger partial charge in [0.15, 0.2) is 5.84 Å². The van der Waals surface area contributed by atoms with E-state index in [2.05, 4.69) is 45.9 Å². The third-order valence-corrected chi connectivity index (χ3v) is 7.51. The number of nitrogens with one attached hydrogen (secondary N) is 1. The Morgan fingerprint density at radius 2 is 1.94 bits per heavy atom. The van der Waals surface area contributed by atoms with Gasteiger partial charge in [-0.2, -0.15) is 15.1 Å². The molecule has 3 aromatic rings. The van der Waals surface area contributed by atoms with E-state index in [1.165, 1.54) is 22.3 Å². The summed E-state index contributed by atoms with van der Waals surface area (Å²) in [6.45, 7) is 6.21. The number of amidine groups is 2. The molecule has 0 radical (unpaired) electrons. The summed E-state index contributed by atoms with van der Waals surface area (Å²) in [4.78, 5) is 18.0. The summed E-state index contributed by atoms with van der Waals surface area (Å²) in [7, 11) is 0. The number of amides is 1. The molecule has 0 aliphatic carbocycles. The molecule has 2 aromatic heterocycles. The standard InChI is InChI=1S/C24H21N5OS2/c1-4-16-7-9-18(10-8-16)28-14(2)12-17(15(28)3)13-19-21(25)29-24(26-22(19)30)32-23(27-29)20-6-5-11-31-20/h5-13,25H,4H2,1-3H3. The van der Waals surface area contributed by atoms with Crippen molar-refractivity contribution in [3.8, 4) is 5.69 Å². The van der Waals surface area contributed by atoms with Crippen molar-refractivity contribution in [1.29, 1.82) is 5.41 Å². The highest BCUT2D eigenvalue weighted by Gasteiger charge is 2.36. The Kier molecular flexibility index (Phi) is 5.19. The maximum atomic E-state index is 12.8. The highest BCUT2D eigenvalue weighted by atomic mass is 32.2. The van der Waals surface area contributed by atoms with Crippen LogP contribution in [0.3, 0.4) is 0 Å². The van der Waals surface area contributed by atoms with Crippen LogP contribution in [-0.2, 0) is 11.2 Å². The second kappa shape index (κ2) is 8.03. The molecule has 6 nitrogen and oxygen atoms in total. The number of rotatable bonds is 4. The maximum absolute atomic E-state index is 12.8. The van der Waals surface area contributed by atoms with Crippen molar-refractivity contribution in [2.45, 2.75) is 27.2 Å². The van der Waals surface area contributed by atoms with E-state index >= 15 is 0 Å². The number of hydrogen-bond acceptors (Lipinski definition) is 5. The lowest BCUT2D eigenvalue weighted by atomic mass is 10.1. The molecule has 0 saturated heterocycles. The number of aryl methyl sites for hydroxylation is 2. The average molecular weight is 460 g/mol. The van der Waals surface area contributed by atoms with Crippen LogP contribution in [0.4, 0.5) is 0 Å². The fraction of sp³-hybridized carbons (Fsp3) is 0.167. The van der Waals surface area contributed by atoms with Gasteiger partial charge in [-0.25, -0.2) is 0 Å². The summed E-state index contributed by atoms with van der Waals surface area (Å²) >= 11 is 2.89. The van der Waals surface area contributed by atoms with Crippen molar-refractivity contribution >= 4 is 51.1 Å². The zero-order valence-corrected chi connectivity index (χ0v) is 19.5. The predicted octanol–water partition coefficient (Wildman–Crippen LogP) is 5.39. The van der Waals surface area contributed by atoms with E-state index in [1.807, 2.05) is 37.4 Å². The second-order valence-electron chi connectivity index (χ2n) is 7.58. The Morgan fingerprint density at radius 3 is 2.62 bits per heavy atom. The molecule has 1 N–H and O–H groups in total. The number of aliphatic imine (C=N–C) groups is 1. The van der Waals surface area contributed by atoms with E-state index in [0.29, 0.717) is 5.17 Å². The molecule has 0 unspecified atom stereocenters. The van der Waals surface area contributed by atoms with Gasteiger partial charge in [-0.1, -0.05) is 25.1 Å². The van der Waals surface area contributed by atoms with Crippen LogP contribution < -0.4 is 0 Å². The summed E-state index contributed by atoms with van der Waals surface area (Å²) in [5.74, 6) is -0.357. The molecule has 160 valence electrons. The minimum atomic E-state index is -0.409. The van der Waals surface area contributed by atoms with E-state index in [1.54, 1.807) is 17.4 Å². The Labute approximate surface area is 194 Å². The molecular formula is C24H21N5OS2. The maximum Gasteiger partial charge on any atom is 0.283 e. The first-order valence-corrected chi connectivity index (χ1v) is 12.0. The minimum absolute atomic E-state index is 0.0520. The molecule has 4 heterocycles. The number of carbonyl (C=O) groups is 1. The molecule has 0 bridgehead atoms. The van der Waals surface area contributed by atoms with Crippen LogP contribution in [0.15, 0.2) is 63.5 Å². The van der Waals surface area contributed by atoms with Crippen LogP contribution in [0.2, 0.25) is 0 Å². The minimum Gasteiger partial charge on any atom is -0.318 e. The van der Waals surface area contributed by atoms with E-state index in [-0.39, 0.29) is 11.4 Å². The van der Waals surface area contributed by atoms with Gasteiger partial charge in [-0.05, 0) is 78.9 Å². The SMILES string of the molecule is CCc1ccc(-n2c(C)cc(C=C3C(=N)N4N=C(c5cccs5)SC4=NC3=O)c2C)cc1. The van der Waals surface area contributed by atoms with Crippen molar-refractivity contribution < 1.29 is 4.79 Å². The van der Waals surface area contributed by atoms with Crippen LogP contribution in [-0.4, -0.2) is 31.5 Å². The van der Waals surface area contributed by atoms with Crippen LogP contribution in [0.5, 0.6) is 0 Å². The summed E-state index contributed by atoms with van der Waals surface area (Å²) in [6, 6.07) is 14.5. The molecule has 0 spiro atoms. The first kappa shape index (κ1) is 20.7. The van der Waals surface area contributed by atoms with E-state index in [9.17, 15) is 4.79 Å². The van der Waals surface area contributed by atoms with Crippen LogP contribution in [0, 0.1) is 19.3 Å². The van der Waals surface area contributed by atoms with Crippen molar-refractivity contribution in [2.75, 3.05) is 0 Å². The molecule has 5 rings (SSSR count). The number of fused-ring (bicyclic) bond motifs is 1. The monoisotopic (exact) mass is 459 g/mol. The molecule has 0 atom stereocenters. The van der Waals surface area contributed by atoms with Gasteiger partial charge >= 0.3 is 0 Å². The molecule has 2 aliphatic heterocycles. The second-order valence-corrected chi connectivity index (χ2v) is 9.49. The number of thioether (sulfide) groups is 1. The van der Waals surface area contributed by atoms with Crippen molar-refractivity contribution in [1.82, 2.24) is 9.58 Å². The quantitative estimate of drug-likeness (QED) is 0.532. The number of nitrogens with zero attached hydrogens (tertiary/aromatic N) is 4. The number of thiophene rings is 1. The smallest absolute Gasteiger partial charge is 0.283 e. The lowest BCUT2D eigenvalue weighted by Crippen LogP contribution is -2.35. The van der Waals surface area contributed by atoms with Gasteiger partial charge in [-0.3, -0.25) is 10.2 Å². The van der Waals surface area contributed by atoms with Gasteiger partial charge in [0.2, 0.25) is 5.17 Å². The van der Waals surface area contributed by atoms with Crippen molar-refractivity contribution in [3.05, 3.63) is 80.8 Å². The highest BCUT2D eigenvalue weighted by Crippen LogP contribution is 2.33. The first-order valence-electron chi connectivity index (χ1n) is 10.3. The third-order valence-electron chi connectivity index (χ3n) is 5.56. The predicted molar refractivity (Wildman–Crippen MR) is 133 cm³/mol. The zero-order chi connectivity index (χ0) is 22.4. The van der Waals surface area contributed by atoms with Gasteiger partial charge in [0.25, 0.3) is 5.91 Å². The Balaban J connectivity index is 1.50. The molecule has 32 heavy (non-hydrogen) atoms. The fourth-order valence-corrected chi connectivity index (χ4v) is 5.54. The lowest BCUT2D eigenvalue weighted by molar-refractivity contribution is -0.114. The van der Waals surface area contributed by atoms with Gasteiger partial charge in [0.05, 0.1) is 10.5 Å². The van der Waals surface area contributed by atoms with Crippen LogP contribution in [0.1, 0.15) is 34.3 Å². The van der Waals surface area contributed by atoms with Crippen LogP contribution in [0.25, 0.3) is 11.8 Å². The molecule has 0 fully saturated rings. The highest BCUT2D eigenvalue weighted by molar-refractivity contribution is 8.27. The number of carbonyl (C=O) groups excluding carboxylic acids is 1. The molecule has 1 aromatic carbocycles. The van der Waals surface area contributed by atoms with Gasteiger partial charge in [0.1, 0.15) is 5.04 Å². The normalized spacial score (nSPS) is 17.1. The molecule has 0 saturated carbocycles. The number of benzene rings is 1. The molecule has 2 aliphatic rings. The van der Waals surface area contributed by atoms with Gasteiger partial charge in [0, 0.05) is 17.1 Å². The average Bonchev–Trinajstić information content (AvgIpc) is 3.51. The topological polar surface area (TPSA) is 73.8 Å². The summed E-state index contributed by atoms with van der Waals surface area (Å²) in [6.07, 6.45) is 2.76. The molecule has 1 amide bonds. The van der Waals surface area contributed by atoms with Crippen molar-refractivity contribution in [3.63, 3.8) is 0 Å². The number of hydrazone groups is 1. The van der Waals surface area contributed by atoms with Crippen LogP contribution >= 0.6 is 23.1 Å². The van der Waals surface area contributed by atoms with Gasteiger partial charge < -0.3 is 4.57 Å². The zero-order valence-electron chi connectivity index (χ0n) is 17.9. The summed E-state index contributed by atoms with van der Waals surface area (Å²) < 4.78 is 2.16. The first-order chi connectivity index (χ1) is 15.5. The van der Waals surface area contributed by atoms with Crippen molar-refractivity contribution in [2.24, 2.45) is 10.1 Å². The summed E-state index contributed by atoms with van der Waals surface area (Å²) in [5.41, 5.74) is 5.57. The molecular weight excluding hydrogens is 438 g/mol. The Hall–Kier alpha value is -3.23. The summed E-state index contributed by atoms with van der Waals surface area (Å²) in [5, 5.41) is 17.8. The number of hydrogen-bond donors (Lipinski definition) is 1. The molecule has 8 heteroatoms. The lowest BCUT2D eigenvalue weighted by Gasteiger charge is -2.20. The third kappa shape index (κ3) is 3.45. The number of aromatic nitrogens is 1.